The van der Waals surface area contributed by atoms with Gasteiger partial charge in [-0.3, -0.25) is 0 Å². The van der Waals surface area contributed by atoms with Crippen molar-refractivity contribution in [2.75, 3.05) is 13.1 Å². The molecule has 0 bridgehead atoms. The molecule has 1 aliphatic heterocycles. The molecule has 4 nitrogen and oxygen atoms in total. The second-order valence-electron chi connectivity index (χ2n) is 6.47. The van der Waals surface area contributed by atoms with Crippen LogP contribution >= 0.6 is 0 Å². The molecule has 1 heterocycles. The van der Waals surface area contributed by atoms with Gasteiger partial charge in [0.25, 0.3) is 0 Å². The van der Waals surface area contributed by atoms with Crippen LogP contribution in [0.25, 0.3) is 0 Å². The number of rotatable bonds is 3. The van der Waals surface area contributed by atoms with E-state index in [1.165, 1.54) is 12.1 Å². The Balaban J connectivity index is 2.06. The predicted molar refractivity (Wildman–Crippen MR) is 79.6 cm³/mol. The lowest BCUT2D eigenvalue weighted by molar-refractivity contribution is 0.0511. The summed E-state index contributed by atoms with van der Waals surface area (Å²) in [7, 11) is 0. The summed E-state index contributed by atoms with van der Waals surface area (Å²) < 4.78 is 18.3. The van der Waals surface area contributed by atoms with Crippen molar-refractivity contribution in [3.05, 3.63) is 35.6 Å². The van der Waals surface area contributed by atoms with Gasteiger partial charge in [0.05, 0.1) is 5.54 Å². The first-order chi connectivity index (χ1) is 9.81. The Morgan fingerprint density at radius 1 is 1.38 bits per heavy atom. The van der Waals surface area contributed by atoms with Crippen LogP contribution in [0.5, 0.6) is 0 Å². The number of hydrogen-bond donors (Lipinski definition) is 2. The molecule has 0 saturated carbocycles. The van der Waals surface area contributed by atoms with Crippen LogP contribution < -0.4 is 10.6 Å². The Kier molecular flexibility index (Phi) is 4.52. The van der Waals surface area contributed by atoms with E-state index >= 15 is 0 Å². The van der Waals surface area contributed by atoms with E-state index in [1.807, 2.05) is 20.8 Å². The van der Waals surface area contributed by atoms with Crippen molar-refractivity contribution in [2.24, 2.45) is 0 Å². The van der Waals surface area contributed by atoms with Gasteiger partial charge in [-0.1, -0.05) is 12.1 Å². The third-order valence-corrected chi connectivity index (χ3v) is 3.57. The molecule has 5 heteroatoms. The molecule has 2 rings (SSSR count). The van der Waals surface area contributed by atoms with Crippen molar-refractivity contribution in [1.82, 2.24) is 10.6 Å². The first-order valence-corrected chi connectivity index (χ1v) is 7.29. The van der Waals surface area contributed by atoms with Crippen LogP contribution in [-0.2, 0) is 10.3 Å². The average molecular weight is 294 g/mol. The number of benzene rings is 1. The fourth-order valence-electron chi connectivity index (χ4n) is 2.61. The Morgan fingerprint density at radius 3 is 2.57 bits per heavy atom. The zero-order valence-corrected chi connectivity index (χ0v) is 12.8. The van der Waals surface area contributed by atoms with Gasteiger partial charge in [0, 0.05) is 6.54 Å². The lowest BCUT2D eigenvalue weighted by Gasteiger charge is -2.31. The van der Waals surface area contributed by atoms with E-state index in [-0.39, 0.29) is 11.4 Å². The van der Waals surface area contributed by atoms with Crippen molar-refractivity contribution in [1.29, 1.82) is 0 Å². The monoisotopic (exact) mass is 294 g/mol. The molecular formula is C16H23FN2O2. The van der Waals surface area contributed by atoms with E-state index in [9.17, 15) is 9.18 Å². The minimum Gasteiger partial charge on any atom is -0.444 e. The summed E-state index contributed by atoms with van der Waals surface area (Å²) in [5.41, 5.74) is 0.123. The molecule has 0 aliphatic carbocycles. The molecule has 0 radical (unpaired) electrons. The van der Waals surface area contributed by atoms with E-state index in [0.29, 0.717) is 6.54 Å². The van der Waals surface area contributed by atoms with Crippen LogP contribution in [0, 0.1) is 5.82 Å². The Hall–Kier alpha value is -1.62. The summed E-state index contributed by atoms with van der Waals surface area (Å²) in [6.45, 7) is 6.79. The minimum absolute atomic E-state index is 0.257. The maximum atomic E-state index is 13.1. The Labute approximate surface area is 125 Å². The molecule has 1 aliphatic rings. The molecule has 1 aromatic rings. The zero-order chi connectivity index (χ0) is 15.5. The Morgan fingerprint density at radius 2 is 2.05 bits per heavy atom. The van der Waals surface area contributed by atoms with E-state index in [2.05, 4.69) is 10.6 Å². The van der Waals surface area contributed by atoms with Gasteiger partial charge in [0.1, 0.15) is 11.4 Å². The molecule has 1 saturated heterocycles. The lowest BCUT2D eigenvalue weighted by Crippen LogP contribution is -2.48. The third kappa shape index (κ3) is 4.17. The summed E-state index contributed by atoms with van der Waals surface area (Å²) in [5, 5.41) is 6.25. The first-order valence-electron chi connectivity index (χ1n) is 7.29. The number of alkyl carbamates (subject to hydrolysis) is 1. The quantitative estimate of drug-likeness (QED) is 0.901. The molecule has 0 spiro atoms. The molecular weight excluding hydrogens is 271 g/mol. The van der Waals surface area contributed by atoms with Crippen molar-refractivity contribution < 1.29 is 13.9 Å². The minimum atomic E-state index is -0.518. The number of hydrogen-bond acceptors (Lipinski definition) is 3. The smallest absolute Gasteiger partial charge is 0.407 e. The van der Waals surface area contributed by atoms with E-state index in [4.69, 9.17) is 4.74 Å². The normalized spacial score (nSPS) is 22.1. The number of carbonyl (C=O) groups is 1. The molecule has 1 fully saturated rings. The number of halogens is 1. The van der Waals surface area contributed by atoms with E-state index < -0.39 is 11.7 Å². The SMILES string of the molecule is CC(C)(C)OC(=O)NCC1(c2ccc(F)cc2)CCCN1. The molecule has 21 heavy (non-hydrogen) atoms. The van der Waals surface area contributed by atoms with Crippen molar-refractivity contribution in [3.8, 4) is 0 Å². The standard InChI is InChI=1S/C16H23FN2O2/c1-15(2,3)21-14(20)18-11-16(9-4-10-19-16)12-5-7-13(17)8-6-12/h5-8,19H,4,9-11H2,1-3H3,(H,18,20). The second kappa shape index (κ2) is 6.02. The number of carbonyl (C=O) groups excluding carboxylic acids is 1. The van der Waals surface area contributed by atoms with Gasteiger partial charge in [-0.2, -0.15) is 0 Å². The second-order valence-corrected chi connectivity index (χ2v) is 6.47. The maximum Gasteiger partial charge on any atom is 0.407 e. The molecule has 1 unspecified atom stereocenters. The number of amides is 1. The predicted octanol–water partition coefficient (Wildman–Crippen LogP) is 2.93. The summed E-state index contributed by atoms with van der Waals surface area (Å²) in [6.07, 6.45) is 1.49. The van der Waals surface area contributed by atoms with Crippen LogP contribution in [0.3, 0.4) is 0 Å². The largest absolute Gasteiger partial charge is 0.444 e. The Bertz CT molecular complexity index is 488. The van der Waals surface area contributed by atoms with Gasteiger partial charge < -0.3 is 15.4 Å². The van der Waals surface area contributed by atoms with Crippen LogP contribution in [0.2, 0.25) is 0 Å². The summed E-state index contributed by atoms with van der Waals surface area (Å²) in [6, 6.07) is 6.43. The summed E-state index contributed by atoms with van der Waals surface area (Å²) in [4.78, 5) is 11.8. The lowest BCUT2D eigenvalue weighted by atomic mass is 9.88. The van der Waals surface area contributed by atoms with Crippen LogP contribution in [0.4, 0.5) is 9.18 Å². The molecule has 1 aromatic carbocycles. The van der Waals surface area contributed by atoms with Gasteiger partial charge in [0.15, 0.2) is 0 Å². The molecule has 1 amide bonds. The first kappa shape index (κ1) is 15.8. The molecule has 0 aromatic heterocycles. The van der Waals surface area contributed by atoms with E-state index in [1.54, 1.807) is 12.1 Å². The van der Waals surface area contributed by atoms with E-state index in [0.717, 1.165) is 24.9 Å². The third-order valence-electron chi connectivity index (χ3n) is 3.57. The number of nitrogens with one attached hydrogen (secondary N) is 2. The topological polar surface area (TPSA) is 50.4 Å². The van der Waals surface area contributed by atoms with Gasteiger partial charge in [-0.05, 0) is 57.9 Å². The van der Waals surface area contributed by atoms with Crippen molar-refractivity contribution in [2.45, 2.75) is 44.8 Å². The van der Waals surface area contributed by atoms with Gasteiger partial charge in [-0.25, -0.2) is 9.18 Å². The highest BCUT2D eigenvalue weighted by Gasteiger charge is 2.36. The summed E-state index contributed by atoms with van der Waals surface area (Å²) in [5.74, 6) is -0.257. The molecule has 2 N–H and O–H groups in total. The highest BCUT2D eigenvalue weighted by molar-refractivity contribution is 5.67. The highest BCUT2D eigenvalue weighted by atomic mass is 19.1. The fraction of sp³-hybridized carbons (Fsp3) is 0.562. The van der Waals surface area contributed by atoms with Gasteiger partial charge >= 0.3 is 6.09 Å². The van der Waals surface area contributed by atoms with Crippen LogP contribution in [0.15, 0.2) is 24.3 Å². The summed E-state index contributed by atoms with van der Waals surface area (Å²) >= 11 is 0. The number of ether oxygens (including phenoxy) is 1. The van der Waals surface area contributed by atoms with Crippen molar-refractivity contribution >= 4 is 6.09 Å². The maximum absolute atomic E-state index is 13.1. The fourth-order valence-corrected chi connectivity index (χ4v) is 2.61. The van der Waals surface area contributed by atoms with Crippen LogP contribution in [0.1, 0.15) is 39.2 Å². The van der Waals surface area contributed by atoms with Gasteiger partial charge in [-0.15, -0.1) is 0 Å². The van der Waals surface area contributed by atoms with Gasteiger partial charge in [0.2, 0.25) is 0 Å². The molecule has 116 valence electrons. The average Bonchev–Trinajstić information content (AvgIpc) is 2.85. The van der Waals surface area contributed by atoms with Crippen molar-refractivity contribution in [3.63, 3.8) is 0 Å². The zero-order valence-electron chi connectivity index (χ0n) is 12.8. The van der Waals surface area contributed by atoms with Crippen LogP contribution in [-0.4, -0.2) is 24.8 Å². The molecule has 1 atom stereocenters. The highest BCUT2D eigenvalue weighted by Crippen LogP contribution is 2.30.